The number of likely N-dealkylation sites (tertiary alicyclic amines) is 1. The molecule has 1 aliphatic heterocycles. The second kappa shape index (κ2) is 9.01. The smallest absolute Gasteiger partial charge is 0.416 e. The minimum absolute atomic E-state index is 0.0213. The predicted octanol–water partition coefficient (Wildman–Crippen LogP) is 3.30. The highest BCUT2D eigenvalue weighted by molar-refractivity contribution is 5.78. The Morgan fingerprint density at radius 2 is 2.06 bits per heavy atom. The van der Waals surface area contributed by atoms with Gasteiger partial charge in [0.15, 0.2) is 0 Å². The third-order valence-electron chi connectivity index (χ3n) is 5.50. The van der Waals surface area contributed by atoms with E-state index in [-0.39, 0.29) is 18.2 Å². The molecule has 1 saturated heterocycles. The molecule has 0 radical (unpaired) electrons. The van der Waals surface area contributed by atoms with Crippen molar-refractivity contribution in [2.45, 2.75) is 38.3 Å². The second-order valence-electron chi connectivity index (χ2n) is 7.74. The van der Waals surface area contributed by atoms with Crippen LogP contribution in [0.2, 0.25) is 0 Å². The van der Waals surface area contributed by atoms with Crippen molar-refractivity contribution < 1.29 is 27.3 Å². The number of nitrogens with one attached hydrogen (secondary N) is 1. The highest BCUT2D eigenvalue weighted by Crippen LogP contribution is 2.30. The van der Waals surface area contributed by atoms with Gasteiger partial charge in [0.1, 0.15) is 17.1 Å². The van der Waals surface area contributed by atoms with E-state index in [1.165, 1.54) is 12.1 Å². The lowest BCUT2D eigenvalue weighted by Gasteiger charge is -2.15. The number of hydrogen-bond acceptors (Lipinski definition) is 6. The van der Waals surface area contributed by atoms with Gasteiger partial charge >= 0.3 is 6.18 Å². The minimum Gasteiger partial charge on any atom is -0.493 e. The SMILES string of the molecule is Cc1nonc1CC(=O)N1CC[C@H](c2cc(CCOc3ccc(C(F)(F)F)cc3)[nH]n2)C1. The number of aromatic nitrogens is 4. The first-order valence-electron chi connectivity index (χ1n) is 10.2. The van der Waals surface area contributed by atoms with Gasteiger partial charge in [0.25, 0.3) is 0 Å². The van der Waals surface area contributed by atoms with Crippen LogP contribution in [-0.2, 0) is 23.8 Å². The zero-order valence-electron chi connectivity index (χ0n) is 17.4. The first-order chi connectivity index (χ1) is 15.3. The number of halogens is 3. The van der Waals surface area contributed by atoms with E-state index in [1.807, 2.05) is 6.07 Å². The average Bonchev–Trinajstić information content (AvgIpc) is 3.49. The lowest BCUT2D eigenvalue weighted by molar-refractivity contribution is -0.137. The normalized spacial score (nSPS) is 16.5. The molecule has 0 bridgehead atoms. The number of H-pyrrole nitrogens is 1. The van der Waals surface area contributed by atoms with Crippen molar-refractivity contribution in [1.82, 2.24) is 25.4 Å². The maximum Gasteiger partial charge on any atom is 0.416 e. The number of hydrogen-bond donors (Lipinski definition) is 1. The van der Waals surface area contributed by atoms with Crippen LogP contribution in [0.5, 0.6) is 5.75 Å². The van der Waals surface area contributed by atoms with Gasteiger partial charge in [-0.2, -0.15) is 18.3 Å². The number of aromatic amines is 1. The van der Waals surface area contributed by atoms with Crippen LogP contribution in [0.1, 0.15) is 40.7 Å². The average molecular weight is 449 g/mol. The third kappa shape index (κ3) is 5.09. The largest absolute Gasteiger partial charge is 0.493 e. The number of nitrogens with zero attached hydrogens (tertiary/aromatic N) is 4. The summed E-state index contributed by atoms with van der Waals surface area (Å²) in [6, 6.07) is 6.55. The molecule has 1 N–H and O–H groups in total. The molecule has 3 heterocycles. The number of carbonyl (C=O) groups is 1. The molecule has 11 heteroatoms. The van der Waals surface area contributed by atoms with Gasteiger partial charge in [-0.25, -0.2) is 4.63 Å². The summed E-state index contributed by atoms with van der Waals surface area (Å²) in [6.07, 6.45) is -2.86. The van der Waals surface area contributed by atoms with Crippen molar-refractivity contribution in [2.24, 2.45) is 0 Å². The van der Waals surface area contributed by atoms with Crippen molar-refractivity contribution in [2.75, 3.05) is 19.7 Å². The molecular formula is C21H22F3N5O3. The summed E-state index contributed by atoms with van der Waals surface area (Å²) in [5.74, 6) is 0.489. The van der Waals surface area contributed by atoms with Gasteiger partial charge in [0.05, 0.1) is 24.3 Å². The van der Waals surface area contributed by atoms with Gasteiger partial charge in [-0.1, -0.05) is 10.3 Å². The first-order valence-corrected chi connectivity index (χ1v) is 10.2. The Morgan fingerprint density at radius 3 is 2.75 bits per heavy atom. The Labute approximate surface area is 181 Å². The van der Waals surface area contributed by atoms with Gasteiger partial charge in [-0.15, -0.1) is 0 Å². The van der Waals surface area contributed by atoms with Crippen LogP contribution in [0, 0.1) is 6.92 Å². The van der Waals surface area contributed by atoms with Crippen molar-refractivity contribution in [1.29, 1.82) is 0 Å². The molecule has 0 aliphatic carbocycles. The Hall–Kier alpha value is -3.37. The van der Waals surface area contributed by atoms with Crippen molar-refractivity contribution in [3.8, 4) is 5.75 Å². The van der Waals surface area contributed by atoms with Gasteiger partial charge < -0.3 is 9.64 Å². The molecule has 32 heavy (non-hydrogen) atoms. The number of benzene rings is 1. The predicted molar refractivity (Wildman–Crippen MR) is 106 cm³/mol. The molecule has 1 aliphatic rings. The summed E-state index contributed by atoms with van der Waals surface area (Å²) < 4.78 is 48.0. The summed E-state index contributed by atoms with van der Waals surface area (Å²) >= 11 is 0. The van der Waals surface area contributed by atoms with Gasteiger partial charge in [0, 0.05) is 31.1 Å². The van der Waals surface area contributed by atoms with E-state index in [4.69, 9.17) is 4.74 Å². The molecule has 1 aromatic carbocycles. The molecule has 1 fully saturated rings. The van der Waals surface area contributed by atoms with Crippen LogP contribution in [0.25, 0.3) is 0 Å². The standard InChI is InChI=1S/C21H22F3N5O3/c1-13-18(28-32-27-13)11-20(30)29-8-6-14(12-29)19-10-16(25-26-19)7-9-31-17-4-2-15(3-5-17)21(22,23)24/h2-5,10,14H,6-9,11-12H2,1H3,(H,25,26)/t14-/m0/s1. The van der Waals surface area contributed by atoms with Crippen molar-refractivity contribution in [3.63, 3.8) is 0 Å². The second-order valence-corrected chi connectivity index (χ2v) is 7.74. The quantitative estimate of drug-likeness (QED) is 0.595. The minimum atomic E-state index is -4.36. The van der Waals surface area contributed by atoms with Gasteiger partial charge in [0.2, 0.25) is 5.91 Å². The summed E-state index contributed by atoms with van der Waals surface area (Å²) in [5, 5.41) is 14.8. The number of ether oxygens (including phenoxy) is 1. The molecule has 0 unspecified atom stereocenters. The number of amides is 1. The highest BCUT2D eigenvalue weighted by atomic mass is 19.4. The first kappa shape index (κ1) is 21.8. The third-order valence-corrected chi connectivity index (χ3v) is 5.50. The Balaban J connectivity index is 1.25. The van der Waals surface area contributed by atoms with Crippen molar-refractivity contribution >= 4 is 5.91 Å². The Kier molecular flexibility index (Phi) is 6.15. The molecule has 1 amide bonds. The molecular weight excluding hydrogens is 427 g/mol. The lowest BCUT2D eigenvalue weighted by atomic mass is 10.0. The Morgan fingerprint density at radius 1 is 1.28 bits per heavy atom. The maximum atomic E-state index is 12.6. The molecule has 4 rings (SSSR count). The van der Waals surface area contributed by atoms with Gasteiger partial charge in [-0.05, 0) is 43.7 Å². The molecule has 3 aromatic rings. The molecule has 1 atom stereocenters. The van der Waals surface area contributed by atoms with Crippen LogP contribution in [0.4, 0.5) is 13.2 Å². The zero-order chi connectivity index (χ0) is 22.7. The number of aryl methyl sites for hydroxylation is 1. The maximum absolute atomic E-state index is 12.6. The fraction of sp³-hybridized carbons (Fsp3) is 0.429. The summed E-state index contributed by atoms with van der Waals surface area (Å²) in [7, 11) is 0. The van der Waals surface area contributed by atoms with E-state index in [0.29, 0.717) is 43.3 Å². The van der Waals surface area contributed by atoms with Crippen LogP contribution >= 0.6 is 0 Å². The van der Waals surface area contributed by atoms with E-state index in [1.54, 1.807) is 11.8 Å². The van der Waals surface area contributed by atoms with Crippen LogP contribution < -0.4 is 4.74 Å². The number of alkyl halides is 3. The highest BCUT2D eigenvalue weighted by Gasteiger charge is 2.30. The molecule has 0 spiro atoms. The Bertz CT molecular complexity index is 1060. The van der Waals surface area contributed by atoms with Crippen LogP contribution in [0.3, 0.4) is 0 Å². The van der Waals surface area contributed by atoms with E-state index in [0.717, 1.165) is 29.9 Å². The number of carbonyl (C=O) groups excluding carboxylic acids is 1. The van der Waals surface area contributed by atoms with E-state index < -0.39 is 11.7 Å². The topological polar surface area (TPSA) is 97.1 Å². The summed E-state index contributed by atoms with van der Waals surface area (Å²) in [4.78, 5) is 14.3. The molecule has 170 valence electrons. The lowest BCUT2D eigenvalue weighted by Crippen LogP contribution is -2.30. The molecule has 0 saturated carbocycles. The van der Waals surface area contributed by atoms with E-state index >= 15 is 0 Å². The van der Waals surface area contributed by atoms with E-state index in [2.05, 4.69) is 25.1 Å². The van der Waals surface area contributed by atoms with Crippen LogP contribution in [0.15, 0.2) is 35.0 Å². The van der Waals surface area contributed by atoms with Crippen molar-refractivity contribution in [3.05, 3.63) is 58.7 Å². The summed E-state index contributed by atoms with van der Waals surface area (Å²) in [6.45, 7) is 3.27. The van der Waals surface area contributed by atoms with Gasteiger partial charge in [-0.3, -0.25) is 9.89 Å². The monoisotopic (exact) mass is 449 g/mol. The number of rotatable bonds is 7. The fourth-order valence-electron chi connectivity index (χ4n) is 3.63. The molecule has 8 nitrogen and oxygen atoms in total. The fourth-order valence-corrected chi connectivity index (χ4v) is 3.63. The molecule has 2 aromatic heterocycles. The van der Waals surface area contributed by atoms with Crippen LogP contribution in [-0.4, -0.2) is 51.0 Å². The van der Waals surface area contributed by atoms with E-state index in [9.17, 15) is 18.0 Å². The zero-order valence-corrected chi connectivity index (χ0v) is 17.4. The summed E-state index contributed by atoms with van der Waals surface area (Å²) in [5.41, 5.74) is 2.20.